The van der Waals surface area contributed by atoms with Gasteiger partial charge in [0, 0.05) is 13.1 Å². The lowest BCUT2D eigenvalue weighted by molar-refractivity contribution is -0.192. The predicted molar refractivity (Wildman–Crippen MR) is 94.3 cm³/mol. The number of hydrogen-bond donors (Lipinski definition) is 5. The standard InChI is InChI=1S/C12H19N5O7S.C2HF3O2/c18-10(7-3-4-13-5-7)14-15-11(19)9-2-1-8-6-16(9)12(20)17(8)24-25(21,22)23;3-2(4,5)1(6)7/h7-9,13H,1-6H2,(H,14,18)(H,15,19)(H,21,22,23);(H,6,7)/t7?,8-,9+;/m1./s1. The van der Waals surface area contributed by atoms with E-state index in [2.05, 4.69) is 20.5 Å². The van der Waals surface area contributed by atoms with Crippen LogP contribution in [0.25, 0.3) is 0 Å². The van der Waals surface area contributed by atoms with Crippen molar-refractivity contribution in [2.45, 2.75) is 37.5 Å². The van der Waals surface area contributed by atoms with Crippen LogP contribution in [-0.2, 0) is 29.1 Å². The third kappa shape index (κ3) is 6.65. The zero-order chi connectivity index (χ0) is 24.3. The van der Waals surface area contributed by atoms with E-state index in [-0.39, 0.29) is 24.8 Å². The molecule has 0 radical (unpaired) electrons. The minimum Gasteiger partial charge on any atom is -0.475 e. The van der Waals surface area contributed by atoms with Crippen molar-refractivity contribution in [2.75, 3.05) is 19.6 Å². The van der Waals surface area contributed by atoms with Gasteiger partial charge < -0.3 is 15.3 Å². The zero-order valence-corrected chi connectivity index (χ0v) is 17.0. The fourth-order valence-corrected chi connectivity index (χ4v) is 3.68. The summed E-state index contributed by atoms with van der Waals surface area (Å²) in [6.45, 7) is 1.37. The average molecular weight is 491 g/mol. The fourth-order valence-electron chi connectivity index (χ4n) is 3.29. The van der Waals surface area contributed by atoms with E-state index in [9.17, 15) is 36.0 Å². The Kier molecular flexibility index (Phi) is 7.86. The van der Waals surface area contributed by atoms with Gasteiger partial charge in [0.1, 0.15) is 6.04 Å². The number of alkyl halides is 3. The number of rotatable bonds is 4. The summed E-state index contributed by atoms with van der Waals surface area (Å²) in [4.78, 5) is 46.4. The number of carboxylic acid groups (broad SMARTS) is 1. The first-order valence-corrected chi connectivity index (χ1v) is 10.4. The van der Waals surface area contributed by atoms with Gasteiger partial charge in [-0.25, -0.2) is 9.59 Å². The van der Waals surface area contributed by atoms with Gasteiger partial charge in [-0.3, -0.25) is 25.0 Å². The maximum atomic E-state index is 12.3. The molecule has 1 unspecified atom stereocenters. The summed E-state index contributed by atoms with van der Waals surface area (Å²) in [5.41, 5.74) is 4.66. The minimum absolute atomic E-state index is 0.0902. The van der Waals surface area contributed by atoms with Gasteiger partial charge in [-0.2, -0.15) is 26.7 Å². The van der Waals surface area contributed by atoms with Crippen LogP contribution in [0.15, 0.2) is 0 Å². The summed E-state index contributed by atoms with van der Waals surface area (Å²) in [5, 5.41) is 10.7. The Balaban J connectivity index is 0.000000451. The van der Waals surface area contributed by atoms with Crippen molar-refractivity contribution in [1.82, 2.24) is 26.1 Å². The molecule has 0 aromatic rings. The molecule has 5 N–H and O–H groups in total. The Labute approximate surface area is 178 Å². The smallest absolute Gasteiger partial charge is 0.475 e. The second-order valence-corrected chi connectivity index (χ2v) is 7.99. The number of nitrogens with zero attached hydrogens (tertiary/aromatic N) is 2. The van der Waals surface area contributed by atoms with E-state index in [1.54, 1.807) is 0 Å². The molecule has 3 aliphatic heterocycles. The number of fused-ring (bicyclic) bond motifs is 2. The summed E-state index contributed by atoms with van der Waals surface area (Å²) in [6, 6.07) is -2.26. The first-order chi connectivity index (χ1) is 14.7. The van der Waals surface area contributed by atoms with Gasteiger partial charge in [0.25, 0.3) is 5.91 Å². The van der Waals surface area contributed by atoms with Gasteiger partial charge in [-0.15, -0.1) is 4.28 Å². The number of aliphatic carboxylic acids is 1. The van der Waals surface area contributed by atoms with E-state index in [0.717, 1.165) is 11.4 Å². The molecule has 0 saturated carbocycles. The summed E-state index contributed by atoms with van der Waals surface area (Å²) in [7, 11) is -4.83. The van der Waals surface area contributed by atoms with Crippen LogP contribution >= 0.6 is 0 Å². The molecule has 182 valence electrons. The molecule has 4 amide bonds. The second kappa shape index (κ2) is 9.84. The molecule has 32 heavy (non-hydrogen) atoms. The van der Waals surface area contributed by atoms with Crippen LogP contribution in [0.4, 0.5) is 18.0 Å². The molecule has 2 bridgehead atoms. The van der Waals surface area contributed by atoms with Gasteiger partial charge in [-0.1, -0.05) is 0 Å². The topological polar surface area (TPSA) is 195 Å². The number of hydrogen-bond acceptors (Lipinski definition) is 8. The van der Waals surface area contributed by atoms with E-state index in [1.165, 1.54) is 0 Å². The molecule has 0 aliphatic carbocycles. The predicted octanol–water partition coefficient (Wildman–Crippen LogP) is -1.62. The third-order valence-corrected chi connectivity index (χ3v) is 5.13. The van der Waals surface area contributed by atoms with Crippen LogP contribution in [0.1, 0.15) is 19.3 Å². The van der Waals surface area contributed by atoms with Gasteiger partial charge in [0.2, 0.25) is 5.91 Å². The second-order valence-electron chi connectivity index (χ2n) is 6.98. The largest absolute Gasteiger partial charge is 0.490 e. The number of carboxylic acids is 1. The molecule has 3 aliphatic rings. The van der Waals surface area contributed by atoms with E-state index in [4.69, 9.17) is 14.5 Å². The number of carbonyl (C=O) groups excluding carboxylic acids is 3. The molecular weight excluding hydrogens is 471 g/mol. The summed E-state index contributed by atoms with van der Waals surface area (Å²) >= 11 is 0. The summed E-state index contributed by atoms with van der Waals surface area (Å²) in [5.74, 6) is -3.86. The Hall–Kier alpha value is -2.70. The lowest BCUT2D eigenvalue weighted by Gasteiger charge is -2.29. The van der Waals surface area contributed by atoms with Crippen molar-refractivity contribution in [1.29, 1.82) is 0 Å². The monoisotopic (exact) mass is 491 g/mol. The number of nitrogens with one attached hydrogen (secondary N) is 3. The number of urea groups is 1. The highest BCUT2D eigenvalue weighted by molar-refractivity contribution is 7.80. The third-order valence-electron chi connectivity index (χ3n) is 4.78. The first kappa shape index (κ1) is 25.6. The number of hydrazine groups is 1. The Morgan fingerprint density at radius 3 is 2.22 bits per heavy atom. The molecule has 3 atom stereocenters. The summed E-state index contributed by atoms with van der Waals surface area (Å²) in [6.07, 6.45) is -3.82. The Morgan fingerprint density at radius 2 is 1.72 bits per heavy atom. The van der Waals surface area contributed by atoms with E-state index in [1.807, 2.05) is 0 Å². The molecule has 14 nitrogen and oxygen atoms in total. The Bertz CT molecular complexity index is 862. The average Bonchev–Trinajstić information content (AvgIpc) is 3.29. The molecule has 18 heteroatoms. The van der Waals surface area contributed by atoms with Crippen LogP contribution < -0.4 is 16.2 Å². The number of carbonyl (C=O) groups is 4. The van der Waals surface area contributed by atoms with Crippen molar-refractivity contribution in [3.8, 4) is 0 Å². The van der Waals surface area contributed by atoms with Gasteiger partial charge >= 0.3 is 28.6 Å². The lowest BCUT2D eigenvalue weighted by atomic mass is 10.0. The van der Waals surface area contributed by atoms with Crippen molar-refractivity contribution in [2.24, 2.45) is 5.92 Å². The minimum atomic E-state index is -5.08. The van der Waals surface area contributed by atoms with Crippen LogP contribution in [-0.4, -0.2) is 89.7 Å². The van der Waals surface area contributed by atoms with Crippen molar-refractivity contribution < 1.29 is 54.7 Å². The highest BCUT2D eigenvalue weighted by Crippen LogP contribution is 2.30. The van der Waals surface area contributed by atoms with Crippen LogP contribution in [0.5, 0.6) is 0 Å². The summed E-state index contributed by atoms with van der Waals surface area (Å²) < 4.78 is 66.4. The zero-order valence-electron chi connectivity index (χ0n) is 16.2. The molecule has 3 saturated heterocycles. The van der Waals surface area contributed by atoms with E-state index in [0.29, 0.717) is 24.4 Å². The van der Waals surface area contributed by atoms with Crippen LogP contribution in [0.3, 0.4) is 0 Å². The molecule has 0 spiro atoms. The maximum Gasteiger partial charge on any atom is 0.490 e. The fraction of sp³-hybridized carbons (Fsp3) is 0.714. The molecule has 3 heterocycles. The first-order valence-electron chi connectivity index (χ1n) is 9.08. The van der Waals surface area contributed by atoms with E-state index >= 15 is 0 Å². The molecule has 3 rings (SSSR count). The van der Waals surface area contributed by atoms with Crippen molar-refractivity contribution in [3.05, 3.63) is 0 Å². The molecule has 0 aromatic carbocycles. The normalized spacial score (nSPS) is 25.1. The highest BCUT2D eigenvalue weighted by Gasteiger charge is 2.49. The number of hydroxylamine groups is 2. The lowest BCUT2D eigenvalue weighted by Crippen LogP contribution is -2.55. The highest BCUT2D eigenvalue weighted by atomic mass is 32.3. The molecular formula is C14H20F3N5O9S. The number of halogens is 3. The quantitative estimate of drug-likeness (QED) is 0.225. The maximum absolute atomic E-state index is 12.3. The SMILES string of the molecule is O=C(NNC(=O)[C@@H]1CC[C@@H]2CN1C(=O)N2OS(=O)(=O)O)C1CCNC1.O=C(O)C(F)(F)F. The molecule has 0 aromatic heterocycles. The van der Waals surface area contributed by atoms with Gasteiger partial charge in [0.05, 0.1) is 12.0 Å². The van der Waals surface area contributed by atoms with Crippen molar-refractivity contribution >= 4 is 34.2 Å². The van der Waals surface area contributed by atoms with E-state index < -0.39 is 46.6 Å². The van der Waals surface area contributed by atoms with Crippen LogP contribution in [0, 0.1) is 5.92 Å². The number of piperidine rings is 1. The van der Waals surface area contributed by atoms with Crippen molar-refractivity contribution in [3.63, 3.8) is 0 Å². The van der Waals surface area contributed by atoms with Crippen LogP contribution in [0.2, 0.25) is 0 Å². The Morgan fingerprint density at radius 1 is 1.12 bits per heavy atom. The molecule has 3 fully saturated rings. The number of amides is 4. The van der Waals surface area contributed by atoms with Gasteiger partial charge in [-0.05, 0) is 25.8 Å². The van der Waals surface area contributed by atoms with Gasteiger partial charge in [0.15, 0.2) is 0 Å².